The Hall–Kier alpha value is -3.69. The van der Waals surface area contributed by atoms with E-state index in [1.807, 2.05) is 31.6 Å². The molecule has 1 aliphatic carbocycles. The first-order valence-corrected chi connectivity index (χ1v) is 12.0. The molecule has 2 fully saturated rings. The van der Waals surface area contributed by atoms with Crippen LogP contribution in [-0.4, -0.2) is 65.5 Å². The summed E-state index contributed by atoms with van der Waals surface area (Å²) >= 11 is 0. The normalized spacial score (nSPS) is 23.2. The van der Waals surface area contributed by atoms with Gasteiger partial charge in [0, 0.05) is 55.6 Å². The number of likely N-dealkylation sites (tertiary alicyclic amines) is 1. The molecule has 1 amide bonds. The highest BCUT2D eigenvalue weighted by atomic mass is 16.2. The predicted molar refractivity (Wildman–Crippen MR) is 131 cm³/mol. The van der Waals surface area contributed by atoms with Gasteiger partial charge >= 0.3 is 0 Å². The van der Waals surface area contributed by atoms with E-state index in [9.17, 15) is 4.79 Å². The lowest BCUT2D eigenvalue weighted by Crippen LogP contribution is -2.50. The average Bonchev–Trinajstić information content (AvgIpc) is 3.59. The zero-order valence-corrected chi connectivity index (χ0v) is 19.5. The van der Waals surface area contributed by atoms with Gasteiger partial charge in [0.15, 0.2) is 5.65 Å². The van der Waals surface area contributed by atoms with E-state index in [0.717, 1.165) is 72.4 Å². The number of fused-ring (bicyclic) bond motifs is 2. The van der Waals surface area contributed by atoms with Crippen LogP contribution in [0.5, 0.6) is 0 Å². The molecule has 10 nitrogen and oxygen atoms in total. The van der Waals surface area contributed by atoms with Crippen molar-refractivity contribution in [3.8, 4) is 11.3 Å². The van der Waals surface area contributed by atoms with Crippen molar-refractivity contribution >= 4 is 34.4 Å². The lowest BCUT2D eigenvalue weighted by molar-refractivity contribution is -0.133. The van der Waals surface area contributed by atoms with E-state index in [1.165, 1.54) is 0 Å². The van der Waals surface area contributed by atoms with Gasteiger partial charge < -0.3 is 20.5 Å². The van der Waals surface area contributed by atoms with Crippen LogP contribution in [-0.2, 0) is 4.79 Å². The summed E-state index contributed by atoms with van der Waals surface area (Å²) in [5, 5.41) is 11.9. The van der Waals surface area contributed by atoms with Gasteiger partial charge in [0.1, 0.15) is 11.5 Å². The van der Waals surface area contributed by atoms with Gasteiger partial charge in [-0.2, -0.15) is 15.1 Å². The zero-order valence-electron chi connectivity index (χ0n) is 19.5. The number of aromatic nitrogens is 6. The third-order valence-electron chi connectivity index (χ3n) is 7.42. The molecule has 1 aliphatic heterocycles. The number of carbonyl (C=O) groups excluding carboxylic acids is 1. The van der Waals surface area contributed by atoms with Crippen LogP contribution in [0.2, 0.25) is 0 Å². The first-order chi connectivity index (χ1) is 16.5. The number of rotatable bonds is 5. The van der Waals surface area contributed by atoms with Gasteiger partial charge in [-0.3, -0.25) is 4.79 Å². The molecule has 0 bridgehead atoms. The summed E-state index contributed by atoms with van der Waals surface area (Å²) in [6, 6.07) is 4.11. The molecule has 4 aromatic rings. The SMILES string of the molecule is CNc1nc(N[C@H]2CC[C@](C)(N3CCCC3=O)CC2)nc2[nH]cc(-c3ccn4nccc4n3)c12. The van der Waals surface area contributed by atoms with Crippen molar-refractivity contribution in [2.45, 2.75) is 57.0 Å². The Balaban J connectivity index is 1.23. The van der Waals surface area contributed by atoms with Gasteiger partial charge in [-0.15, -0.1) is 0 Å². The second kappa shape index (κ2) is 7.96. The molecule has 1 saturated carbocycles. The van der Waals surface area contributed by atoms with Gasteiger partial charge in [0.25, 0.3) is 0 Å². The number of amides is 1. The fourth-order valence-electron chi connectivity index (χ4n) is 5.50. The maximum absolute atomic E-state index is 12.3. The van der Waals surface area contributed by atoms with Gasteiger partial charge in [-0.05, 0) is 45.1 Å². The number of carbonyl (C=O) groups is 1. The van der Waals surface area contributed by atoms with Crippen LogP contribution in [0.15, 0.2) is 30.7 Å². The number of nitrogens with one attached hydrogen (secondary N) is 3. The lowest BCUT2D eigenvalue weighted by atomic mass is 9.79. The lowest BCUT2D eigenvalue weighted by Gasteiger charge is -2.44. The minimum Gasteiger partial charge on any atom is -0.372 e. The Kier molecular flexibility index (Phi) is 4.89. The maximum Gasteiger partial charge on any atom is 0.226 e. The smallest absolute Gasteiger partial charge is 0.226 e. The third-order valence-corrected chi connectivity index (χ3v) is 7.42. The van der Waals surface area contributed by atoms with Crippen molar-refractivity contribution in [3.63, 3.8) is 0 Å². The van der Waals surface area contributed by atoms with Crippen molar-refractivity contribution in [2.75, 3.05) is 24.2 Å². The van der Waals surface area contributed by atoms with E-state index < -0.39 is 0 Å². The van der Waals surface area contributed by atoms with E-state index in [0.29, 0.717) is 18.3 Å². The first kappa shape index (κ1) is 20.9. The summed E-state index contributed by atoms with van der Waals surface area (Å²) in [5.74, 6) is 1.67. The molecule has 1 saturated heterocycles. The topological polar surface area (TPSA) is 116 Å². The van der Waals surface area contributed by atoms with Crippen molar-refractivity contribution in [3.05, 3.63) is 30.7 Å². The summed E-state index contributed by atoms with van der Waals surface area (Å²) in [6.45, 7) is 3.14. The highest BCUT2D eigenvalue weighted by Gasteiger charge is 2.40. The van der Waals surface area contributed by atoms with Crippen LogP contribution in [0.3, 0.4) is 0 Å². The number of hydrogen-bond donors (Lipinski definition) is 3. The largest absolute Gasteiger partial charge is 0.372 e. The van der Waals surface area contributed by atoms with E-state index in [-0.39, 0.29) is 11.6 Å². The molecule has 34 heavy (non-hydrogen) atoms. The van der Waals surface area contributed by atoms with Crippen LogP contribution in [0.25, 0.3) is 27.9 Å². The Labute approximate surface area is 197 Å². The highest BCUT2D eigenvalue weighted by Crippen LogP contribution is 2.37. The molecule has 176 valence electrons. The zero-order chi connectivity index (χ0) is 23.3. The van der Waals surface area contributed by atoms with Crippen LogP contribution in [0.1, 0.15) is 45.4 Å². The molecule has 10 heteroatoms. The quantitative estimate of drug-likeness (QED) is 0.419. The van der Waals surface area contributed by atoms with Crippen LogP contribution in [0, 0.1) is 0 Å². The molecule has 0 atom stereocenters. The van der Waals surface area contributed by atoms with Crippen molar-refractivity contribution in [1.82, 2.24) is 34.4 Å². The predicted octanol–water partition coefficient (Wildman–Crippen LogP) is 3.44. The molecular formula is C24H29N9O. The van der Waals surface area contributed by atoms with Crippen molar-refractivity contribution < 1.29 is 4.79 Å². The first-order valence-electron chi connectivity index (χ1n) is 12.0. The standard InChI is InChI=1S/C24H29N9O/c1-24(32-12-3-4-19(32)34)9-5-15(6-10-24)28-23-30-21(25-2)20-16(14-26-22(20)31-23)17-8-13-33-18(29-17)7-11-27-33/h7-8,11,13-15H,3-6,9-10,12H2,1-2H3,(H3,25,26,28,30,31)/t15-,24-. The minimum absolute atomic E-state index is 0.0231. The maximum atomic E-state index is 12.3. The second-order valence-corrected chi connectivity index (χ2v) is 9.58. The van der Waals surface area contributed by atoms with Gasteiger partial charge in [0.05, 0.1) is 17.3 Å². The van der Waals surface area contributed by atoms with Gasteiger partial charge in [0.2, 0.25) is 11.9 Å². The summed E-state index contributed by atoms with van der Waals surface area (Å²) < 4.78 is 1.74. The number of anilines is 2. The van der Waals surface area contributed by atoms with Crippen LogP contribution >= 0.6 is 0 Å². The highest BCUT2D eigenvalue weighted by molar-refractivity contribution is 6.00. The fourth-order valence-corrected chi connectivity index (χ4v) is 5.50. The molecule has 0 radical (unpaired) electrons. The van der Waals surface area contributed by atoms with E-state index in [1.54, 1.807) is 10.7 Å². The molecule has 0 unspecified atom stereocenters. The summed E-state index contributed by atoms with van der Waals surface area (Å²) in [4.78, 5) is 32.0. The number of aromatic amines is 1. The molecule has 4 aromatic heterocycles. The minimum atomic E-state index is -0.0231. The summed E-state index contributed by atoms with van der Waals surface area (Å²) in [6.07, 6.45) is 11.2. The van der Waals surface area contributed by atoms with Crippen LogP contribution < -0.4 is 10.6 Å². The van der Waals surface area contributed by atoms with Crippen molar-refractivity contribution in [2.24, 2.45) is 0 Å². The number of hydrogen-bond acceptors (Lipinski definition) is 7. The Morgan fingerprint density at radius 2 is 2.03 bits per heavy atom. The Morgan fingerprint density at radius 1 is 1.18 bits per heavy atom. The second-order valence-electron chi connectivity index (χ2n) is 9.58. The van der Waals surface area contributed by atoms with Gasteiger partial charge in [-0.1, -0.05) is 0 Å². The molecule has 0 spiro atoms. The molecular weight excluding hydrogens is 430 g/mol. The number of H-pyrrole nitrogens is 1. The van der Waals surface area contributed by atoms with E-state index >= 15 is 0 Å². The monoisotopic (exact) mass is 459 g/mol. The molecule has 6 rings (SSSR count). The van der Waals surface area contributed by atoms with Crippen LogP contribution in [0.4, 0.5) is 11.8 Å². The molecule has 0 aromatic carbocycles. The molecule has 3 N–H and O–H groups in total. The van der Waals surface area contributed by atoms with E-state index in [2.05, 4.69) is 32.5 Å². The third kappa shape index (κ3) is 3.44. The number of nitrogens with zero attached hydrogens (tertiary/aromatic N) is 6. The van der Waals surface area contributed by atoms with Crippen molar-refractivity contribution in [1.29, 1.82) is 0 Å². The Bertz CT molecular complexity index is 1370. The fraction of sp³-hybridized carbons (Fsp3) is 0.458. The molecule has 2 aliphatic rings. The summed E-state index contributed by atoms with van der Waals surface area (Å²) in [7, 11) is 1.87. The molecule has 5 heterocycles. The van der Waals surface area contributed by atoms with Gasteiger partial charge in [-0.25, -0.2) is 9.50 Å². The average molecular weight is 460 g/mol. The summed E-state index contributed by atoms with van der Waals surface area (Å²) in [5.41, 5.74) is 3.30. The van der Waals surface area contributed by atoms with E-state index in [4.69, 9.17) is 15.0 Å². The Morgan fingerprint density at radius 3 is 2.79 bits per heavy atom.